The van der Waals surface area contributed by atoms with E-state index in [9.17, 15) is 9.18 Å². The van der Waals surface area contributed by atoms with E-state index in [2.05, 4.69) is 0 Å². The Labute approximate surface area is 86.8 Å². The van der Waals surface area contributed by atoms with Crippen LogP contribution in [0.25, 0.3) is 0 Å². The van der Waals surface area contributed by atoms with Gasteiger partial charge in [-0.2, -0.15) is 4.39 Å². The molecule has 0 amide bonds. The molecule has 0 aromatic heterocycles. The van der Waals surface area contributed by atoms with Crippen LogP contribution >= 0.6 is 0 Å². The fourth-order valence-corrected chi connectivity index (χ4v) is 1.61. The minimum atomic E-state index is -2.13. The Bertz CT molecular complexity index is 438. The van der Waals surface area contributed by atoms with Crippen LogP contribution < -0.4 is 9.47 Å². The van der Waals surface area contributed by atoms with Crippen LogP contribution in [0.15, 0.2) is 12.1 Å². The lowest BCUT2D eigenvalue weighted by atomic mass is 10.0. The van der Waals surface area contributed by atoms with Gasteiger partial charge in [0.15, 0.2) is 17.3 Å². The number of benzene rings is 1. The quantitative estimate of drug-likeness (QED) is 0.668. The first-order valence-corrected chi connectivity index (χ1v) is 4.61. The molecule has 1 aromatic carbocycles. The Morgan fingerprint density at radius 2 is 1.87 bits per heavy atom. The summed E-state index contributed by atoms with van der Waals surface area (Å²) in [5.41, 5.74) is 1.28. The van der Waals surface area contributed by atoms with Crippen LogP contribution in [0, 0.1) is 6.92 Å². The Hall–Kier alpha value is -1.58. The highest BCUT2D eigenvalue weighted by Gasteiger charge is 2.37. The highest BCUT2D eigenvalue weighted by molar-refractivity contribution is 5.96. The number of Topliss-reactive ketones (excluding diaryl/α,β-unsaturated/α-hetero) is 1. The predicted molar refractivity (Wildman–Crippen MR) is 52.0 cm³/mol. The zero-order valence-corrected chi connectivity index (χ0v) is 8.76. The molecular weight excluding hydrogens is 199 g/mol. The molecule has 0 spiro atoms. The molecule has 2 rings (SSSR count). The molecular formula is C11H11FO3. The average molecular weight is 210 g/mol. The highest BCUT2D eigenvalue weighted by Crippen LogP contribution is 2.41. The van der Waals surface area contributed by atoms with Gasteiger partial charge in [-0.25, -0.2) is 0 Å². The smallest absolute Gasteiger partial charge is 0.404 e. The van der Waals surface area contributed by atoms with Gasteiger partial charge in [0, 0.05) is 12.5 Å². The van der Waals surface area contributed by atoms with E-state index in [1.54, 1.807) is 13.0 Å². The number of ether oxygens (including phenoxy) is 2. The highest BCUT2D eigenvalue weighted by atomic mass is 19.2. The van der Waals surface area contributed by atoms with E-state index in [1.165, 1.54) is 19.9 Å². The Morgan fingerprint density at radius 3 is 2.40 bits per heavy atom. The third-order valence-corrected chi connectivity index (χ3v) is 2.25. The van der Waals surface area contributed by atoms with Gasteiger partial charge in [-0.1, -0.05) is 0 Å². The van der Waals surface area contributed by atoms with E-state index < -0.39 is 6.04 Å². The van der Waals surface area contributed by atoms with Gasteiger partial charge in [-0.3, -0.25) is 4.79 Å². The van der Waals surface area contributed by atoms with Gasteiger partial charge in [0.25, 0.3) is 0 Å². The van der Waals surface area contributed by atoms with Crippen LogP contribution in [0.4, 0.5) is 4.39 Å². The number of alkyl halides is 1. The van der Waals surface area contributed by atoms with Crippen LogP contribution in [0.2, 0.25) is 0 Å². The maximum atomic E-state index is 13.3. The standard InChI is InChI=1S/C11H11FO3/c1-6-4-9-10(5-8(6)7(2)13)15-11(3,12)14-9/h4-5H,1-3H3. The predicted octanol–water partition coefficient (Wildman–Crippen LogP) is 2.61. The fraction of sp³-hybridized carbons (Fsp3) is 0.364. The van der Waals surface area contributed by atoms with Gasteiger partial charge in [0.05, 0.1) is 0 Å². The first-order chi connectivity index (χ1) is 6.89. The molecule has 1 aromatic rings. The van der Waals surface area contributed by atoms with E-state index in [1.807, 2.05) is 0 Å². The number of aryl methyl sites for hydroxylation is 1. The summed E-state index contributed by atoms with van der Waals surface area (Å²) in [6, 6.07) is 0.985. The molecule has 0 aliphatic carbocycles. The lowest BCUT2D eigenvalue weighted by Gasteiger charge is -2.10. The van der Waals surface area contributed by atoms with Crippen molar-refractivity contribution in [1.82, 2.24) is 0 Å². The average Bonchev–Trinajstić information content (AvgIpc) is 2.36. The number of hydrogen-bond acceptors (Lipinski definition) is 3. The molecule has 1 atom stereocenters. The minimum Gasteiger partial charge on any atom is -0.423 e. The Kier molecular flexibility index (Phi) is 1.96. The molecule has 0 fully saturated rings. The van der Waals surface area contributed by atoms with Crippen molar-refractivity contribution < 1.29 is 18.7 Å². The molecule has 0 bridgehead atoms. The molecule has 0 saturated heterocycles. The third kappa shape index (κ3) is 1.67. The summed E-state index contributed by atoms with van der Waals surface area (Å²) in [5, 5.41) is 0. The maximum absolute atomic E-state index is 13.3. The molecule has 3 nitrogen and oxygen atoms in total. The van der Waals surface area contributed by atoms with Crippen LogP contribution in [0.5, 0.6) is 11.5 Å². The number of hydrogen-bond donors (Lipinski definition) is 0. The lowest BCUT2D eigenvalue weighted by molar-refractivity contribution is -0.173. The molecule has 1 unspecified atom stereocenters. The second-order valence-corrected chi connectivity index (χ2v) is 3.71. The van der Waals surface area contributed by atoms with Crippen molar-refractivity contribution in [2.45, 2.75) is 26.8 Å². The van der Waals surface area contributed by atoms with E-state index in [-0.39, 0.29) is 11.5 Å². The zero-order valence-electron chi connectivity index (χ0n) is 8.76. The van der Waals surface area contributed by atoms with Crippen molar-refractivity contribution in [3.8, 4) is 11.5 Å². The van der Waals surface area contributed by atoms with Crippen LogP contribution in [0.1, 0.15) is 29.8 Å². The number of carbonyl (C=O) groups excluding carboxylic acids is 1. The van der Waals surface area contributed by atoms with E-state index >= 15 is 0 Å². The number of halogens is 1. The summed E-state index contributed by atoms with van der Waals surface area (Å²) in [6.45, 7) is 4.41. The summed E-state index contributed by atoms with van der Waals surface area (Å²) < 4.78 is 23.1. The molecule has 1 aliphatic rings. The first kappa shape index (κ1) is 9.96. The topological polar surface area (TPSA) is 35.5 Å². The summed E-state index contributed by atoms with van der Waals surface area (Å²) in [7, 11) is 0. The maximum Gasteiger partial charge on any atom is 0.404 e. The molecule has 80 valence electrons. The molecule has 0 N–H and O–H groups in total. The number of ketones is 1. The zero-order chi connectivity index (χ0) is 11.2. The number of carbonyl (C=O) groups is 1. The molecule has 1 heterocycles. The fourth-order valence-electron chi connectivity index (χ4n) is 1.61. The molecule has 0 saturated carbocycles. The van der Waals surface area contributed by atoms with Gasteiger partial charge in [-0.05, 0) is 31.5 Å². The first-order valence-electron chi connectivity index (χ1n) is 4.61. The van der Waals surface area contributed by atoms with Gasteiger partial charge in [-0.15, -0.1) is 0 Å². The van der Waals surface area contributed by atoms with Crippen molar-refractivity contribution >= 4 is 5.78 Å². The van der Waals surface area contributed by atoms with Gasteiger partial charge >= 0.3 is 6.04 Å². The number of fused-ring (bicyclic) bond motifs is 1. The van der Waals surface area contributed by atoms with Crippen molar-refractivity contribution in [2.75, 3.05) is 0 Å². The minimum absolute atomic E-state index is 0.0774. The van der Waals surface area contributed by atoms with Gasteiger partial charge in [0.2, 0.25) is 0 Å². The monoisotopic (exact) mass is 210 g/mol. The normalized spacial score (nSPS) is 22.9. The lowest BCUT2D eigenvalue weighted by Crippen LogP contribution is -2.27. The van der Waals surface area contributed by atoms with Crippen molar-refractivity contribution in [2.24, 2.45) is 0 Å². The van der Waals surface area contributed by atoms with E-state index in [4.69, 9.17) is 9.47 Å². The van der Waals surface area contributed by atoms with Gasteiger partial charge in [0.1, 0.15) is 0 Å². The van der Waals surface area contributed by atoms with Crippen LogP contribution in [-0.4, -0.2) is 11.8 Å². The number of rotatable bonds is 1. The molecule has 0 radical (unpaired) electrons. The van der Waals surface area contributed by atoms with Crippen LogP contribution in [-0.2, 0) is 0 Å². The second kappa shape index (κ2) is 2.95. The van der Waals surface area contributed by atoms with E-state index in [0.29, 0.717) is 11.3 Å². The SMILES string of the molecule is CC(=O)c1cc2c(cc1C)OC(C)(F)O2. The second-order valence-electron chi connectivity index (χ2n) is 3.71. The molecule has 4 heteroatoms. The van der Waals surface area contributed by atoms with Crippen molar-refractivity contribution in [3.63, 3.8) is 0 Å². The summed E-state index contributed by atoms with van der Waals surface area (Å²) in [4.78, 5) is 11.2. The Morgan fingerprint density at radius 1 is 1.33 bits per heavy atom. The van der Waals surface area contributed by atoms with Crippen molar-refractivity contribution in [3.05, 3.63) is 23.3 Å². The third-order valence-electron chi connectivity index (χ3n) is 2.25. The summed E-state index contributed by atoms with van der Waals surface area (Å²) >= 11 is 0. The largest absolute Gasteiger partial charge is 0.423 e. The van der Waals surface area contributed by atoms with Gasteiger partial charge < -0.3 is 9.47 Å². The summed E-state index contributed by atoms with van der Waals surface area (Å²) in [5.74, 6) is 0.532. The summed E-state index contributed by atoms with van der Waals surface area (Å²) in [6.07, 6.45) is 0. The van der Waals surface area contributed by atoms with Crippen LogP contribution in [0.3, 0.4) is 0 Å². The molecule has 15 heavy (non-hydrogen) atoms. The van der Waals surface area contributed by atoms with Crippen molar-refractivity contribution in [1.29, 1.82) is 0 Å². The van der Waals surface area contributed by atoms with E-state index in [0.717, 1.165) is 5.56 Å². The Balaban J connectivity index is 2.50. The molecule has 1 aliphatic heterocycles.